The number of benzene rings is 1. The quantitative estimate of drug-likeness (QED) is 0.755. The zero-order chi connectivity index (χ0) is 10.6. The average molecular weight is 193 g/mol. The summed E-state index contributed by atoms with van der Waals surface area (Å²) in [5.41, 5.74) is 1.74. The lowest BCUT2D eigenvalue weighted by Crippen LogP contribution is -2.34. The highest BCUT2D eigenvalue weighted by Gasteiger charge is 2.07. The summed E-state index contributed by atoms with van der Waals surface area (Å²) in [5.74, 6) is -0.147. The van der Waals surface area contributed by atoms with E-state index in [0.717, 1.165) is 5.56 Å². The fourth-order valence-electron chi connectivity index (χ4n) is 1.06. The number of aliphatic hydroxyl groups is 1. The molecule has 3 nitrogen and oxygen atoms in total. The van der Waals surface area contributed by atoms with Gasteiger partial charge in [-0.1, -0.05) is 17.7 Å². The van der Waals surface area contributed by atoms with Crippen LogP contribution in [0.3, 0.4) is 0 Å². The van der Waals surface area contributed by atoms with Gasteiger partial charge < -0.3 is 10.4 Å². The summed E-state index contributed by atoms with van der Waals surface area (Å²) in [6.07, 6.45) is 0. The molecule has 14 heavy (non-hydrogen) atoms. The highest BCUT2D eigenvalue weighted by molar-refractivity contribution is 5.94. The first kappa shape index (κ1) is 10.7. The van der Waals surface area contributed by atoms with Crippen molar-refractivity contribution < 1.29 is 9.90 Å². The van der Waals surface area contributed by atoms with Crippen molar-refractivity contribution in [3.63, 3.8) is 0 Å². The topological polar surface area (TPSA) is 49.3 Å². The molecule has 0 radical (unpaired) electrons. The Morgan fingerprint density at radius 1 is 1.43 bits per heavy atom. The number of carbonyl (C=O) groups excluding carboxylic acids is 1. The number of hydrogen-bond donors (Lipinski definition) is 2. The van der Waals surface area contributed by atoms with E-state index in [9.17, 15) is 4.79 Å². The number of amides is 1. The Morgan fingerprint density at radius 3 is 2.50 bits per heavy atom. The summed E-state index contributed by atoms with van der Waals surface area (Å²) in [5, 5.41) is 11.4. The Kier molecular flexibility index (Phi) is 3.65. The fraction of sp³-hybridized carbons (Fsp3) is 0.364. The fourth-order valence-corrected chi connectivity index (χ4v) is 1.06. The van der Waals surface area contributed by atoms with Crippen LogP contribution in [-0.2, 0) is 0 Å². The number of hydrogen-bond acceptors (Lipinski definition) is 2. The van der Waals surface area contributed by atoms with E-state index in [1.807, 2.05) is 19.1 Å². The van der Waals surface area contributed by atoms with E-state index in [1.54, 1.807) is 19.1 Å². The molecule has 0 aliphatic rings. The van der Waals surface area contributed by atoms with Gasteiger partial charge in [0.15, 0.2) is 0 Å². The van der Waals surface area contributed by atoms with Crippen molar-refractivity contribution in [3.8, 4) is 0 Å². The minimum absolute atomic E-state index is 0.0440. The van der Waals surface area contributed by atoms with Crippen molar-refractivity contribution in [2.75, 3.05) is 6.61 Å². The van der Waals surface area contributed by atoms with Crippen LogP contribution in [0, 0.1) is 6.92 Å². The number of rotatable bonds is 3. The third-order valence-electron chi connectivity index (χ3n) is 1.97. The molecule has 1 rings (SSSR count). The van der Waals surface area contributed by atoms with Gasteiger partial charge in [-0.3, -0.25) is 4.79 Å². The molecule has 0 saturated carbocycles. The van der Waals surface area contributed by atoms with Gasteiger partial charge in [-0.15, -0.1) is 0 Å². The van der Waals surface area contributed by atoms with Gasteiger partial charge in [-0.05, 0) is 26.0 Å². The lowest BCUT2D eigenvalue weighted by atomic mass is 10.1. The van der Waals surface area contributed by atoms with E-state index in [2.05, 4.69) is 5.32 Å². The van der Waals surface area contributed by atoms with E-state index in [1.165, 1.54) is 0 Å². The molecule has 1 amide bonds. The van der Waals surface area contributed by atoms with Gasteiger partial charge in [0.1, 0.15) is 0 Å². The molecule has 76 valence electrons. The van der Waals surface area contributed by atoms with Gasteiger partial charge >= 0.3 is 0 Å². The largest absolute Gasteiger partial charge is 0.394 e. The molecule has 0 saturated heterocycles. The highest BCUT2D eigenvalue weighted by atomic mass is 16.3. The van der Waals surface area contributed by atoms with Gasteiger partial charge in [-0.2, -0.15) is 0 Å². The molecule has 1 aromatic rings. The van der Waals surface area contributed by atoms with Gasteiger partial charge in [0.25, 0.3) is 5.91 Å². The van der Waals surface area contributed by atoms with Crippen LogP contribution in [0.1, 0.15) is 22.8 Å². The summed E-state index contributed by atoms with van der Waals surface area (Å²) in [7, 11) is 0. The minimum Gasteiger partial charge on any atom is -0.394 e. The Hall–Kier alpha value is -1.35. The third kappa shape index (κ3) is 2.85. The van der Waals surface area contributed by atoms with Gasteiger partial charge in [0.05, 0.1) is 6.61 Å². The maximum atomic E-state index is 11.5. The van der Waals surface area contributed by atoms with E-state index in [0.29, 0.717) is 5.56 Å². The Balaban J connectivity index is 2.65. The zero-order valence-corrected chi connectivity index (χ0v) is 8.45. The van der Waals surface area contributed by atoms with Crippen LogP contribution in [0.15, 0.2) is 24.3 Å². The Labute approximate surface area is 83.8 Å². The molecule has 0 fully saturated rings. The van der Waals surface area contributed by atoms with Crippen LogP contribution in [0.5, 0.6) is 0 Å². The van der Waals surface area contributed by atoms with Crippen LogP contribution < -0.4 is 5.32 Å². The lowest BCUT2D eigenvalue weighted by molar-refractivity contribution is 0.0922. The van der Waals surface area contributed by atoms with Crippen LogP contribution in [-0.4, -0.2) is 23.7 Å². The second-order valence-corrected chi connectivity index (χ2v) is 3.42. The maximum absolute atomic E-state index is 11.5. The summed E-state index contributed by atoms with van der Waals surface area (Å²) >= 11 is 0. The normalized spacial score (nSPS) is 12.2. The van der Waals surface area contributed by atoms with Crippen molar-refractivity contribution in [2.24, 2.45) is 0 Å². The smallest absolute Gasteiger partial charge is 0.251 e. The van der Waals surface area contributed by atoms with Crippen LogP contribution >= 0.6 is 0 Å². The summed E-state index contributed by atoms with van der Waals surface area (Å²) in [4.78, 5) is 11.5. The average Bonchev–Trinajstić information content (AvgIpc) is 2.18. The first-order valence-electron chi connectivity index (χ1n) is 4.62. The second-order valence-electron chi connectivity index (χ2n) is 3.42. The molecule has 0 aliphatic carbocycles. The molecule has 2 N–H and O–H groups in total. The Bertz CT molecular complexity index is 306. The predicted molar refractivity (Wildman–Crippen MR) is 55.2 cm³/mol. The van der Waals surface area contributed by atoms with E-state index >= 15 is 0 Å². The molecular formula is C11H15NO2. The number of nitrogens with one attached hydrogen (secondary N) is 1. The molecular weight excluding hydrogens is 178 g/mol. The summed E-state index contributed by atoms with van der Waals surface area (Å²) < 4.78 is 0. The molecule has 0 heterocycles. The van der Waals surface area contributed by atoms with Crippen LogP contribution in [0.25, 0.3) is 0 Å². The first-order valence-corrected chi connectivity index (χ1v) is 4.62. The monoisotopic (exact) mass is 193 g/mol. The standard InChI is InChI=1S/C11H15NO2/c1-8-3-5-10(6-4-8)11(14)12-9(2)7-13/h3-6,9,13H,7H2,1-2H3,(H,12,14)/t9-/m0/s1. The van der Waals surface area contributed by atoms with E-state index < -0.39 is 0 Å². The molecule has 3 heteroatoms. The first-order chi connectivity index (χ1) is 6.63. The molecule has 0 aliphatic heterocycles. The molecule has 1 aromatic carbocycles. The van der Waals surface area contributed by atoms with Crippen molar-refractivity contribution in [1.29, 1.82) is 0 Å². The number of carbonyl (C=O) groups is 1. The second kappa shape index (κ2) is 4.77. The lowest BCUT2D eigenvalue weighted by Gasteiger charge is -2.10. The maximum Gasteiger partial charge on any atom is 0.251 e. The van der Waals surface area contributed by atoms with Crippen LogP contribution in [0.2, 0.25) is 0 Å². The van der Waals surface area contributed by atoms with Crippen molar-refractivity contribution in [2.45, 2.75) is 19.9 Å². The molecule has 0 bridgehead atoms. The highest BCUT2D eigenvalue weighted by Crippen LogP contribution is 2.02. The minimum atomic E-state index is -0.205. The predicted octanol–water partition coefficient (Wildman–Crippen LogP) is 1.11. The van der Waals surface area contributed by atoms with Crippen molar-refractivity contribution >= 4 is 5.91 Å². The molecule has 0 unspecified atom stereocenters. The zero-order valence-electron chi connectivity index (χ0n) is 8.45. The van der Waals surface area contributed by atoms with Gasteiger partial charge in [-0.25, -0.2) is 0 Å². The van der Waals surface area contributed by atoms with Crippen LogP contribution in [0.4, 0.5) is 0 Å². The van der Waals surface area contributed by atoms with Crippen molar-refractivity contribution in [1.82, 2.24) is 5.32 Å². The van der Waals surface area contributed by atoms with Gasteiger partial charge in [0.2, 0.25) is 0 Å². The molecule has 0 aromatic heterocycles. The van der Waals surface area contributed by atoms with E-state index in [-0.39, 0.29) is 18.6 Å². The third-order valence-corrected chi connectivity index (χ3v) is 1.97. The molecule has 1 atom stereocenters. The number of aliphatic hydroxyl groups excluding tert-OH is 1. The number of aryl methyl sites for hydroxylation is 1. The molecule has 0 spiro atoms. The van der Waals surface area contributed by atoms with Crippen molar-refractivity contribution in [3.05, 3.63) is 35.4 Å². The Morgan fingerprint density at radius 2 is 2.00 bits per heavy atom. The summed E-state index contributed by atoms with van der Waals surface area (Å²) in [6, 6.07) is 7.12. The van der Waals surface area contributed by atoms with E-state index in [4.69, 9.17) is 5.11 Å². The van der Waals surface area contributed by atoms with Gasteiger partial charge in [0, 0.05) is 11.6 Å². The SMILES string of the molecule is Cc1ccc(C(=O)N[C@@H](C)CO)cc1. The summed E-state index contributed by atoms with van der Waals surface area (Å²) in [6.45, 7) is 3.68.